The molecule has 1 aromatic rings. The van der Waals surface area contributed by atoms with Crippen molar-refractivity contribution >= 4 is 6.29 Å². The van der Waals surface area contributed by atoms with Crippen LogP contribution >= 0.6 is 0 Å². The molecule has 0 saturated heterocycles. The first-order chi connectivity index (χ1) is 6.11. The van der Waals surface area contributed by atoms with Crippen molar-refractivity contribution in [1.29, 1.82) is 0 Å². The molecule has 0 spiro atoms. The Morgan fingerprint density at radius 1 is 1.15 bits per heavy atom. The number of rotatable bonds is 1. The molecular weight excluding hydrogens is 160 g/mol. The van der Waals surface area contributed by atoms with Gasteiger partial charge >= 0.3 is 0 Å². The maximum absolute atomic E-state index is 8.81. The Hall–Kier alpha value is -1.11. The van der Waals surface area contributed by atoms with Crippen LogP contribution < -0.4 is 0 Å². The van der Waals surface area contributed by atoms with Gasteiger partial charge in [0.15, 0.2) is 0 Å². The Bertz CT molecular complexity index is 234. The summed E-state index contributed by atoms with van der Waals surface area (Å²) in [6.07, 6.45) is 0.750. The highest BCUT2D eigenvalue weighted by molar-refractivity contribution is 5.44. The minimum atomic E-state index is 0.653. The van der Waals surface area contributed by atoms with Crippen LogP contribution in [0.4, 0.5) is 0 Å². The van der Waals surface area contributed by atoms with Crippen molar-refractivity contribution < 1.29 is 4.79 Å². The third-order valence-electron chi connectivity index (χ3n) is 1.74. The van der Waals surface area contributed by atoms with E-state index in [1.54, 1.807) is 0 Å². The molecule has 0 atom stereocenters. The fourth-order valence-corrected chi connectivity index (χ4v) is 0.951. The van der Waals surface area contributed by atoms with Crippen LogP contribution in [0.15, 0.2) is 24.3 Å². The average Bonchev–Trinajstić information content (AvgIpc) is 2.06. The number of hydrogen-bond acceptors (Lipinski definition) is 1. The number of benzene rings is 1. The minimum absolute atomic E-state index is 0.653. The molecule has 0 fully saturated rings. The maximum Gasteiger partial charge on any atom is 0.116 e. The molecular formula is C12H18O. The predicted molar refractivity (Wildman–Crippen MR) is 57.0 cm³/mol. The fourth-order valence-electron chi connectivity index (χ4n) is 0.951. The molecule has 0 radical (unpaired) electrons. The lowest BCUT2D eigenvalue weighted by Gasteiger charge is -2.03. The molecule has 0 aliphatic heterocycles. The van der Waals surface area contributed by atoms with Gasteiger partial charge < -0.3 is 4.79 Å². The Balaban J connectivity index is 0.000000424. The van der Waals surface area contributed by atoms with Gasteiger partial charge in [0.1, 0.15) is 6.29 Å². The van der Waals surface area contributed by atoms with Crippen molar-refractivity contribution in [3.05, 3.63) is 35.4 Å². The SMILES string of the molecule is CC=O.Cc1ccc(C(C)C)cc1. The molecule has 0 aliphatic rings. The van der Waals surface area contributed by atoms with Crippen molar-refractivity contribution in [2.75, 3.05) is 0 Å². The van der Waals surface area contributed by atoms with Gasteiger partial charge in [-0.05, 0) is 25.3 Å². The smallest absolute Gasteiger partial charge is 0.116 e. The van der Waals surface area contributed by atoms with E-state index in [1.807, 2.05) is 0 Å². The van der Waals surface area contributed by atoms with Crippen LogP contribution in [0.25, 0.3) is 0 Å². The molecule has 13 heavy (non-hydrogen) atoms. The van der Waals surface area contributed by atoms with Gasteiger partial charge in [-0.2, -0.15) is 0 Å². The third-order valence-corrected chi connectivity index (χ3v) is 1.74. The van der Waals surface area contributed by atoms with Crippen LogP contribution in [-0.2, 0) is 4.79 Å². The molecule has 1 nitrogen and oxygen atoms in total. The van der Waals surface area contributed by atoms with Crippen LogP contribution in [0.3, 0.4) is 0 Å². The molecule has 0 aromatic heterocycles. The largest absolute Gasteiger partial charge is 0.304 e. The summed E-state index contributed by atoms with van der Waals surface area (Å²) in [5.74, 6) is 0.653. The maximum atomic E-state index is 8.81. The van der Waals surface area contributed by atoms with E-state index in [1.165, 1.54) is 18.1 Å². The van der Waals surface area contributed by atoms with E-state index in [2.05, 4.69) is 45.0 Å². The van der Waals surface area contributed by atoms with Crippen LogP contribution in [0.1, 0.15) is 37.8 Å². The molecule has 72 valence electrons. The standard InChI is InChI=1S/C10H14.C2H4O/c1-8(2)10-6-4-9(3)5-7-10;1-2-3/h4-8H,1-3H3;2H,1H3. The lowest BCUT2D eigenvalue weighted by molar-refractivity contribution is -0.106. The summed E-state index contributed by atoms with van der Waals surface area (Å²) in [6.45, 7) is 7.99. The first-order valence-electron chi connectivity index (χ1n) is 4.58. The van der Waals surface area contributed by atoms with Crippen molar-refractivity contribution in [3.8, 4) is 0 Å². The average molecular weight is 178 g/mol. The summed E-state index contributed by atoms with van der Waals surface area (Å²) in [6, 6.07) is 8.71. The predicted octanol–water partition coefficient (Wildman–Crippen LogP) is 3.32. The molecule has 0 bridgehead atoms. The molecule has 0 amide bonds. The third kappa shape index (κ3) is 5.18. The molecule has 1 aromatic carbocycles. The Morgan fingerprint density at radius 3 is 1.85 bits per heavy atom. The highest BCUT2D eigenvalue weighted by Crippen LogP contribution is 2.13. The van der Waals surface area contributed by atoms with E-state index in [-0.39, 0.29) is 0 Å². The van der Waals surface area contributed by atoms with Crippen LogP contribution in [0.5, 0.6) is 0 Å². The van der Waals surface area contributed by atoms with E-state index in [0.29, 0.717) is 5.92 Å². The van der Waals surface area contributed by atoms with Gasteiger partial charge in [0.25, 0.3) is 0 Å². The zero-order valence-corrected chi connectivity index (χ0v) is 8.87. The number of carbonyl (C=O) groups is 1. The molecule has 0 aliphatic carbocycles. The van der Waals surface area contributed by atoms with Crippen molar-refractivity contribution in [3.63, 3.8) is 0 Å². The topological polar surface area (TPSA) is 17.1 Å². The summed E-state index contributed by atoms with van der Waals surface area (Å²) >= 11 is 0. The zero-order valence-electron chi connectivity index (χ0n) is 8.87. The molecule has 1 rings (SSSR count). The minimum Gasteiger partial charge on any atom is -0.304 e. The van der Waals surface area contributed by atoms with Gasteiger partial charge in [-0.3, -0.25) is 0 Å². The zero-order chi connectivity index (χ0) is 10.3. The number of aldehydes is 1. The highest BCUT2D eigenvalue weighted by atomic mass is 16.1. The summed E-state index contributed by atoms with van der Waals surface area (Å²) in [4.78, 5) is 8.81. The first-order valence-corrected chi connectivity index (χ1v) is 4.58. The summed E-state index contributed by atoms with van der Waals surface area (Å²) in [5.41, 5.74) is 2.76. The van der Waals surface area contributed by atoms with E-state index >= 15 is 0 Å². The van der Waals surface area contributed by atoms with Gasteiger partial charge in [-0.15, -0.1) is 0 Å². The number of hydrogen-bond donors (Lipinski definition) is 0. The van der Waals surface area contributed by atoms with Gasteiger partial charge in [-0.1, -0.05) is 43.7 Å². The van der Waals surface area contributed by atoms with Crippen LogP contribution in [-0.4, -0.2) is 6.29 Å². The van der Waals surface area contributed by atoms with Gasteiger partial charge in [0.05, 0.1) is 0 Å². The van der Waals surface area contributed by atoms with Gasteiger partial charge in [-0.25, -0.2) is 0 Å². The monoisotopic (exact) mass is 178 g/mol. The van der Waals surface area contributed by atoms with Crippen LogP contribution in [0.2, 0.25) is 0 Å². The molecule has 0 N–H and O–H groups in total. The van der Waals surface area contributed by atoms with Crippen LogP contribution in [0, 0.1) is 6.92 Å². The first kappa shape index (κ1) is 11.9. The van der Waals surface area contributed by atoms with E-state index in [4.69, 9.17) is 4.79 Å². The second-order valence-electron chi connectivity index (χ2n) is 3.30. The molecule has 0 saturated carbocycles. The highest BCUT2D eigenvalue weighted by Gasteiger charge is 1.95. The Kier molecular flexibility index (Phi) is 5.86. The number of aryl methyl sites for hydroxylation is 1. The molecule has 0 unspecified atom stereocenters. The normalized spacial score (nSPS) is 9.00. The fraction of sp³-hybridized carbons (Fsp3) is 0.417. The van der Waals surface area contributed by atoms with Gasteiger partial charge in [0.2, 0.25) is 0 Å². The van der Waals surface area contributed by atoms with Crippen molar-refractivity contribution in [2.45, 2.75) is 33.6 Å². The second kappa shape index (κ2) is 6.41. The number of carbonyl (C=O) groups excluding carboxylic acids is 1. The van der Waals surface area contributed by atoms with E-state index < -0.39 is 0 Å². The quantitative estimate of drug-likeness (QED) is 0.603. The lowest BCUT2D eigenvalue weighted by atomic mass is 10.0. The molecule has 1 heteroatoms. The summed E-state index contributed by atoms with van der Waals surface area (Å²) < 4.78 is 0. The van der Waals surface area contributed by atoms with E-state index in [0.717, 1.165) is 6.29 Å². The summed E-state index contributed by atoms with van der Waals surface area (Å²) in [7, 11) is 0. The van der Waals surface area contributed by atoms with Crippen molar-refractivity contribution in [2.24, 2.45) is 0 Å². The Morgan fingerprint density at radius 2 is 1.54 bits per heavy atom. The van der Waals surface area contributed by atoms with Gasteiger partial charge in [0, 0.05) is 0 Å². The Labute approximate surface area is 80.8 Å². The summed E-state index contributed by atoms with van der Waals surface area (Å²) in [5, 5.41) is 0. The van der Waals surface area contributed by atoms with Crippen molar-refractivity contribution in [1.82, 2.24) is 0 Å². The van der Waals surface area contributed by atoms with E-state index in [9.17, 15) is 0 Å². The molecule has 0 heterocycles. The second-order valence-corrected chi connectivity index (χ2v) is 3.30. The lowest BCUT2D eigenvalue weighted by Crippen LogP contribution is -1.85.